The SMILES string of the molecule is CCCC[C@H](NC(=O)[C@H](Cc1c[nH]c2ccccc12)NC(=O)[C@H]1CCCCNC(=O)[C@H](NC(=O)c2ccc(NN)nc2)CCC(=O)N[C@@H](C)C(=O)N[C@@H](Cc2ccc(O)cc2)C(=O)N1)C(=O)N[C@@H](CC(=O)O)C(=O)N[C@@H](Cc1ccccc1)C(N)=O. The van der Waals surface area contributed by atoms with E-state index in [2.05, 4.69) is 63.2 Å². The maximum Gasteiger partial charge on any atom is 0.305 e. The summed E-state index contributed by atoms with van der Waals surface area (Å²) in [5, 5.41) is 44.3. The number of carboxylic acid groups (broad SMARTS) is 1. The first kappa shape index (κ1) is 65.2. The number of aromatic hydroxyl groups is 1. The molecule has 0 bridgehead atoms. The first-order valence-electron chi connectivity index (χ1n) is 28.2. The molecule has 10 amide bonds. The molecule has 5 aromatic rings. The lowest BCUT2D eigenvalue weighted by Crippen LogP contribution is -2.60. The number of para-hydroxylation sites is 1. The minimum absolute atomic E-state index is 0.00409. The fourth-order valence-electron chi connectivity index (χ4n) is 9.45. The van der Waals surface area contributed by atoms with E-state index >= 15 is 0 Å². The van der Waals surface area contributed by atoms with E-state index in [1.54, 1.807) is 60.8 Å². The fraction of sp³-hybridized carbons (Fsp3) is 0.390. The molecule has 1 aliphatic heterocycles. The average Bonchev–Trinajstić information content (AvgIpc) is 3.15. The summed E-state index contributed by atoms with van der Waals surface area (Å²) in [5.41, 5.74) is 10.4. The van der Waals surface area contributed by atoms with Gasteiger partial charge in [0.1, 0.15) is 59.9 Å². The standard InChI is InChI=1S/C59H74N14O13/c1-3-4-15-41(55(82)72-47(30-50(76)77)59(86)69-44(51(60)78)27-34-12-6-5-7-13-34)67-58(85)46(29-37-32-63-40-16-9-8-14-39(37)40)71-56(83)42-17-10-11-26-62-54(81)43(66-53(80)36-20-24-48(73-61)64-31-36)23-25-49(75)65-33(2)52(79)70-45(57(84)68-42)28-35-18-21-38(74)22-19-35/h5-9,12-14,16,18-22,24,31-33,41-47,63,74H,3-4,10-11,15,17,23,25-30,61H2,1-2H3,(H2,60,78)(H,62,81)(H,64,73)(H,65,75)(H,66,80)(H,67,85)(H,68,84)(H,69,86)(H,70,79)(H,71,83)(H,72,82)(H,76,77)/t33-,41-,42+,43+,44-,45-,46-,47-/m0/s1. The molecule has 0 unspecified atom stereocenters. The van der Waals surface area contributed by atoms with Gasteiger partial charge in [-0.15, -0.1) is 0 Å². The van der Waals surface area contributed by atoms with Crippen LogP contribution in [-0.2, 0) is 67.2 Å². The summed E-state index contributed by atoms with van der Waals surface area (Å²) in [4.78, 5) is 158. The molecule has 1 aliphatic rings. The zero-order valence-corrected chi connectivity index (χ0v) is 47.6. The molecule has 0 radical (unpaired) electrons. The number of phenols is 1. The molecular formula is C59H74N14O13. The lowest BCUT2D eigenvalue weighted by atomic mass is 10.0. The molecule has 3 aromatic carbocycles. The van der Waals surface area contributed by atoms with Gasteiger partial charge >= 0.3 is 5.97 Å². The minimum Gasteiger partial charge on any atom is -0.508 e. The highest BCUT2D eigenvalue weighted by Crippen LogP contribution is 2.21. The number of hydrazine groups is 1. The second-order valence-corrected chi connectivity index (χ2v) is 20.9. The van der Waals surface area contributed by atoms with Crippen molar-refractivity contribution in [3.8, 4) is 5.75 Å². The van der Waals surface area contributed by atoms with Crippen molar-refractivity contribution in [3.05, 3.63) is 126 Å². The van der Waals surface area contributed by atoms with Crippen LogP contribution in [0.4, 0.5) is 5.82 Å². The topological polar surface area (TPSA) is 429 Å². The van der Waals surface area contributed by atoms with Gasteiger partial charge in [-0.1, -0.05) is 80.4 Å². The van der Waals surface area contributed by atoms with Crippen LogP contribution >= 0.6 is 0 Å². The van der Waals surface area contributed by atoms with E-state index in [0.717, 1.165) is 0 Å². The maximum absolute atomic E-state index is 14.9. The first-order chi connectivity index (χ1) is 41.2. The number of nitrogen functional groups attached to an aromatic ring is 1. The molecule has 1 saturated heterocycles. The number of amides is 10. The number of nitrogens with one attached hydrogen (secondary N) is 11. The van der Waals surface area contributed by atoms with Gasteiger partial charge in [-0.3, -0.25) is 52.7 Å². The van der Waals surface area contributed by atoms with Gasteiger partial charge in [0.25, 0.3) is 5.91 Å². The number of nitrogens with two attached hydrogens (primary N) is 2. The van der Waals surface area contributed by atoms with E-state index < -0.39 is 120 Å². The Morgan fingerprint density at radius 3 is 2.09 bits per heavy atom. The second kappa shape index (κ2) is 32.2. The molecule has 0 aliphatic carbocycles. The maximum atomic E-state index is 14.9. The van der Waals surface area contributed by atoms with Crippen molar-refractivity contribution >= 4 is 81.8 Å². The van der Waals surface area contributed by atoms with E-state index in [9.17, 15) is 63.0 Å². The molecule has 0 spiro atoms. The number of primary amides is 1. The van der Waals surface area contributed by atoms with E-state index in [0.29, 0.717) is 40.4 Å². The van der Waals surface area contributed by atoms with Crippen LogP contribution in [0.15, 0.2) is 103 Å². The van der Waals surface area contributed by atoms with Crippen molar-refractivity contribution in [1.82, 2.24) is 57.8 Å². The van der Waals surface area contributed by atoms with E-state index in [-0.39, 0.29) is 81.5 Å². The van der Waals surface area contributed by atoms with Crippen LogP contribution in [0.1, 0.15) is 98.7 Å². The summed E-state index contributed by atoms with van der Waals surface area (Å²) in [5.74, 6) is -4.20. The molecule has 27 nitrogen and oxygen atoms in total. The first-order valence-corrected chi connectivity index (χ1v) is 28.2. The van der Waals surface area contributed by atoms with E-state index in [4.69, 9.17) is 11.6 Å². The Bertz CT molecular complexity index is 3200. The Morgan fingerprint density at radius 2 is 1.41 bits per heavy atom. The van der Waals surface area contributed by atoms with Crippen molar-refractivity contribution in [2.24, 2.45) is 11.6 Å². The van der Waals surface area contributed by atoms with Gasteiger partial charge in [-0.05, 0) is 86.1 Å². The summed E-state index contributed by atoms with van der Waals surface area (Å²) in [6, 6.07) is 13.1. The van der Waals surface area contributed by atoms with Crippen LogP contribution in [0.25, 0.3) is 10.9 Å². The van der Waals surface area contributed by atoms with Crippen molar-refractivity contribution < 1.29 is 63.0 Å². The Labute approximate surface area is 495 Å². The second-order valence-electron chi connectivity index (χ2n) is 20.9. The number of pyridine rings is 1. The highest BCUT2D eigenvalue weighted by molar-refractivity contribution is 6.00. The highest BCUT2D eigenvalue weighted by atomic mass is 16.4. The zero-order chi connectivity index (χ0) is 62.3. The van der Waals surface area contributed by atoms with Crippen LogP contribution in [0.3, 0.4) is 0 Å². The number of unbranched alkanes of at least 4 members (excludes halogenated alkanes) is 1. The van der Waals surface area contributed by atoms with Gasteiger partial charge < -0.3 is 74.2 Å². The number of carboxylic acids is 1. The van der Waals surface area contributed by atoms with Gasteiger partial charge in [-0.25, -0.2) is 10.8 Å². The number of fused-ring (bicyclic) bond motifs is 1. The number of rotatable bonds is 23. The number of hydrogen-bond donors (Lipinski definition) is 15. The summed E-state index contributed by atoms with van der Waals surface area (Å²) < 4.78 is 0. The lowest BCUT2D eigenvalue weighted by Gasteiger charge is -2.28. The summed E-state index contributed by atoms with van der Waals surface area (Å²) in [6.45, 7) is 3.19. The molecule has 27 heteroatoms. The Morgan fingerprint density at radius 1 is 0.721 bits per heavy atom. The molecule has 3 heterocycles. The van der Waals surface area contributed by atoms with E-state index in [1.165, 1.54) is 49.5 Å². The largest absolute Gasteiger partial charge is 0.508 e. The quantitative estimate of drug-likeness (QED) is 0.0303. The molecule has 86 heavy (non-hydrogen) atoms. The van der Waals surface area contributed by atoms with Crippen molar-refractivity contribution in [2.45, 2.75) is 139 Å². The van der Waals surface area contributed by atoms with E-state index in [1.807, 2.05) is 6.92 Å². The van der Waals surface area contributed by atoms with Crippen LogP contribution < -0.4 is 64.9 Å². The molecule has 2 aromatic heterocycles. The summed E-state index contributed by atoms with van der Waals surface area (Å²) >= 11 is 0. The number of hydrogen-bond acceptors (Lipinski definition) is 15. The molecule has 17 N–H and O–H groups in total. The number of aromatic amines is 1. The number of H-pyrrole nitrogens is 1. The molecule has 458 valence electrons. The normalized spacial score (nSPS) is 18.5. The molecule has 1 fully saturated rings. The zero-order valence-electron chi connectivity index (χ0n) is 47.6. The van der Waals surface area contributed by atoms with Crippen LogP contribution in [-0.4, -0.2) is 140 Å². The Hall–Kier alpha value is -9.92. The lowest BCUT2D eigenvalue weighted by molar-refractivity contribution is -0.141. The van der Waals surface area contributed by atoms with Gasteiger partial charge in [0.2, 0.25) is 53.2 Å². The summed E-state index contributed by atoms with van der Waals surface area (Å²) in [6.07, 6.45) is 2.14. The van der Waals surface area contributed by atoms with Crippen LogP contribution in [0.2, 0.25) is 0 Å². The summed E-state index contributed by atoms with van der Waals surface area (Å²) in [7, 11) is 0. The molecule has 6 rings (SSSR count). The third-order valence-electron chi connectivity index (χ3n) is 14.3. The Kier molecular flexibility index (Phi) is 24.4. The van der Waals surface area contributed by atoms with Crippen LogP contribution in [0.5, 0.6) is 5.75 Å². The van der Waals surface area contributed by atoms with Gasteiger partial charge in [0, 0.05) is 55.5 Å². The number of phenolic OH excluding ortho intramolecular Hbond substituents is 1. The number of benzene rings is 3. The average molecular weight is 1190 g/mol. The smallest absolute Gasteiger partial charge is 0.305 e. The molecule has 8 atom stereocenters. The monoisotopic (exact) mass is 1190 g/mol. The van der Waals surface area contributed by atoms with Crippen molar-refractivity contribution in [3.63, 3.8) is 0 Å². The van der Waals surface area contributed by atoms with Gasteiger partial charge in [-0.2, -0.15) is 0 Å². The number of aliphatic carboxylic acids is 1. The predicted octanol–water partition coefficient (Wildman–Crippen LogP) is 0.0246. The molecular weight excluding hydrogens is 1110 g/mol. The van der Waals surface area contributed by atoms with Crippen molar-refractivity contribution in [1.29, 1.82) is 0 Å². The molecule has 0 saturated carbocycles. The minimum atomic E-state index is -1.75. The predicted molar refractivity (Wildman–Crippen MR) is 314 cm³/mol. The Balaban J connectivity index is 1.28. The third kappa shape index (κ3) is 19.9. The fourth-order valence-corrected chi connectivity index (χ4v) is 9.45. The van der Waals surface area contributed by atoms with Gasteiger partial charge in [0.05, 0.1) is 12.0 Å². The third-order valence-corrected chi connectivity index (χ3v) is 14.3. The number of carbonyl (C=O) groups excluding carboxylic acids is 10. The number of anilines is 1. The van der Waals surface area contributed by atoms with Gasteiger partial charge in [0.15, 0.2) is 0 Å². The van der Waals surface area contributed by atoms with Crippen molar-refractivity contribution in [2.75, 3.05) is 12.0 Å². The number of carbonyl (C=O) groups is 11. The highest BCUT2D eigenvalue weighted by Gasteiger charge is 2.35. The number of aromatic nitrogens is 2. The number of nitrogens with zero attached hydrogens (tertiary/aromatic N) is 1. The van der Waals surface area contributed by atoms with Crippen LogP contribution in [0, 0.1) is 0 Å².